The summed E-state index contributed by atoms with van der Waals surface area (Å²) < 4.78 is 39.0. The maximum atomic E-state index is 11.6. The summed E-state index contributed by atoms with van der Waals surface area (Å²) in [6, 6.07) is 0. The topological polar surface area (TPSA) is 64.4 Å². The van der Waals surface area contributed by atoms with E-state index in [1.807, 2.05) is 0 Å². The molecule has 0 aromatic carbocycles. The molecule has 0 aromatic heterocycles. The fraction of sp³-hybridized carbons (Fsp3) is 0.714. The van der Waals surface area contributed by atoms with E-state index in [0.29, 0.717) is 0 Å². The van der Waals surface area contributed by atoms with Crippen LogP contribution in [0.1, 0.15) is 6.42 Å². The monoisotopic (exact) mass is 244 g/mol. The van der Waals surface area contributed by atoms with E-state index >= 15 is 0 Å². The molecule has 3 N–H and O–H groups in total. The zero-order valence-corrected chi connectivity index (χ0v) is 8.58. The van der Waals surface area contributed by atoms with Crippen molar-refractivity contribution < 1.29 is 22.7 Å². The minimum atomic E-state index is -4.34. The van der Waals surface area contributed by atoms with Crippen LogP contribution in [0.25, 0.3) is 0 Å². The highest BCUT2D eigenvalue weighted by Gasteiger charge is 2.27. The third kappa shape index (κ3) is 11.0. The number of thiocarbonyl (C=S) groups is 1. The Labute approximate surface area is 89.9 Å². The number of carbonyl (C=O) groups is 1. The number of amides is 1. The van der Waals surface area contributed by atoms with E-state index in [4.69, 9.17) is 5.73 Å². The Morgan fingerprint density at radius 3 is 2.53 bits per heavy atom. The van der Waals surface area contributed by atoms with Crippen molar-refractivity contribution in [3.63, 3.8) is 0 Å². The van der Waals surface area contributed by atoms with Gasteiger partial charge in [-0.3, -0.25) is 4.79 Å². The van der Waals surface area contributed by atoms with Crippen LogP contribution in [0.15, 0.2) is 0 Å². The van der Waals surface area contributed by atoms with E-state index in [1.165, 1.54) is 0 Å². The molecule has 0 fully saturated rings. The van der Waals surface area contributed by atoms with E-state index in [9.17, 15) is 18.0 Å². The van der Waals surface area contributed by atoms with Crippen LogP contribution in [-0.2, 0) is 9.53 Å². The average Bonchev–Trinajstić information content (AvgIpc) is 1.99. The van der Waals surface area contributed by atoms with Crippen molar-refractivity contribution in [3.8, 4) is 0 Å². The molecule has 0 spiro atoms. The average molecular weight is 244 g/mol. The zero-order valence-electron chi connectivity index (χ0n) is 7.76. The largest absolute Gasteiger partial charge is 0.411 e. The summed E-state index contributed by atoms with van der Waals surface area (Å²) in [6.07, 6.45) is -4.46. The van der Waals surface area contributed by atoms with Crippen molar-refractivity contribution in [3.05, 3.63) is 0 Å². The van der Waals surface area contributed by atoms with Gasteiger partial charge in [0.15, 0.2) is 0 Å². The van der Waals surface area contributed by atoms with Crippen LogP contribution in [0.2, 0.25) is 0 Å². The maximum absolute atomic E-state index is 11.6. The molecule has 0 unspecified atom stereocenters. The molecule has 0 aliphatic rings. The number of nitrogens with two attached hydrogens (primary N) is 1. The van der Waals surface area contributed by atoms with Crippen LogP contribution < -0.4 is 11.1 Å². The number of hydrogen-bond donors (Lipinski definition) is 2. The van der Waals surface area contributed by atoms with Gasteiger partial charge < -0.3 is 15.8 Å². The number of hydrogen-bond acceptors (Lipinski definition) is 3. The van der Waals surface area contributed by atoms with Crippen LogP contribution in [0.5, 0.6) is 0 Å². The summed E-state index contributed by atoms with van der Waals surface area (Å²) in [5.41, 5.74) is 5.07. The number of carbonyl (C=O) groups excluding carboxylic acids is 1. The smallest absolute Gasteiger partial charge is 0.393 e. The maximum Gasteiger partial charge on any atom is 0.411 e. The molecule has 8 heteroatoms. The van der Waals surface area contributed by atoms with Gasteiger partial charge in [-0.1, -0.05) is 12.2 Å². The van der Waals surface area contributed by atoms with Crippen molar-refractivity contribution in [2.75, 3.05) is 19.8 Å². The molecule has 0 saturated carbocycles. The van der Waals surface area contributed by atoms with Gasteiger partial charge in [-0.2, -0.15) is 13.2 Å². The molecule has 0 atom stereocenters. The second kappa shape index (κ2) is 6.57. The second-order valence-corrected chi connectivity index (χ2v) is 3.19. The van der Waals surface area contributed by atoms with Crippen molar-refractivity contribution in [1.29, 1.82) is 0 Å². The van der Waals surface area contributed by atoms with Gasteiger partial charge in [0, 0.05) is 6.54 Å². The number of halogens is 3. The number of alkyl halides is 3. The predicted molar refractivity (Wildman–Crippen MR) is 51.3 cm³/mol. The Morgan fingerprint density at radius 2 is 2.07 bits per heavy atom. The highest BCUT2D eigenvalue weighted by Crippen LogP contribution is 2.13. The van der Waals surface area contributed by atoms with Gasteiger partial charge in [-0.15, -0.1) is 0 Å². The Morgan fingerprint density at radius 1 is 1.47 bits per heavy atom. The summed E-state index contributed by atoms with van der Waals surface area (Å²) in [6.45, 7) is -1.53. The molecule has 0 radical (unpaired) electrons. The molecule has 0 bridgehead atoms. The van der Waals surface area contributed by atoms with Gasteiger partial charge in [-0.05, 0) is 0 Å². The molecular weight excluding hydrogens is 233 g/mol. The number of nitrogens with one attached hydrogen (secondary N) is 1. The van der Waals surface area contributed by atoms with E-state index in [2.05, 4.69) is 22.3 Å². The quantitative estimate of drug-likeness (QED) is 0.523. The van der Waals surface area contributed by atoms with Crippen LogP contribution in [0, 0.1) is 0 Å². The minimum Gasteiger partial charge on any atom is -0.393 e. The molecule has 0 aliphatic heterocycles. The first kappa shape index (κ1) is 14.1. The first-order chi connectivity index (χ1) is 6.81. The van der Waals surface area contributed by atoms with Crippen LogP contribution >= 0.6 is 12.2 Å². The Bertz CT molecular complexity index is 233. The highest BCUT2D eigenvalue weighted by atomic mass is 32.1. The summed E-state index contributed by atoms with van der Waals surface area (Å²) in [5.74, 6) is -0.432. The summed E-state index contributed by atoms with van der Waals surface area (Å²) in [7, 11) is 0. The Hall–Kier alpha value is -0.890. The molecule has 15 heavy (non-hydrogen) atoms. The molecule has 88 valence electrons. The van der Waals surface area contributed by atoms with Gasteiger partial charge in [-0.25, -0.2) is 0 Å². The lowest BCUT2D eigenvalue weighted by Crippen LogP contribution is -2.31. The van der Waals surface area contributed by atoms with Gasteiger partial charge >= 0.3 is 6.18 Å². The van der Waals surface area contributed by atoms with Crippen molar-refractivity contribution >= 4 is 23.1 Å². The molecular formula is C7H11F3N2O2S. The van der Waals surface area contributed by atoms with E-state index in [0.717, 1.165) is 0 Å². The van der Waals surface area contributed by atoms with Crippen LogP contribution in [0.4, 0.5) is 13.2 Å². The van der Waals surface area contributed by atoms with E-state index < -0.39 is 18.7 Å². The summed E-state index contributed by atoms with van der Waals surface area (Å²) in [4.78, 5) is 10.9. The fourth-order valence-corrected chi connectivity index (χ4v) is 0.802. The molecule has 0 saturated heterocycles. The van der Waals surface area contributed by atoms with E-state index in [1.54, 1.807) is 0 Å². The molecule has 0 aromatic rings. The Kier molecular flexibility index (Phi) is 6.18. The highest BCUT2D eigenvalue weighted by molar-refractivity contribution is 7.80. The molecule has 1 amide bonds. The third-order valence-corrected chi connectivity index (χ3v) is 1.31. The standard InChI is InChI=1S/C7H11F3N2O2S/c8-7(9,10)4-14-2-1-12-6(13)3-5(11)15/h1-4H2,(H2,11,15)(H,12,13). The molecule has 0 rings (SSSR count). The zero-order chi connectivity index (χ0) is 11.9. The van der Waals surface area contributed by atoms with Gasteiger partial charge in [0.05, 0.1) is 18.0 Å². The molecule has 0 heterocycles. The molecule has 0 aliphatic carbocycles. The first-order valence-corrected chi connectivity index (χ1v) is 4.41. The SMILES string of the molecule is NC(=S)CC(=O)NCCOCC(F)(F)F. The molecule has 4 nitrogen and oxygen atoms in total. The lowest BCUT2D eigenvalue weighted by Gasteiger charge is -2.08. The van der Waals surface area contributed by atoms with Crippen LogP contribution in [0.3, 0.4) is 0 Å². The Balaban J connectivity index is 3.39. The van der Waals surface area contributed by atoms with Crippen molar-refractivity contribution in [2.45, 2.75) is 12.6 Å². The van der Waals surface area contributed by atoms with E-state index in [-0.39, 0.29) is 24.6 Å². The lowest BCUT2D eigenvalue weighted by atomic mass is 10.4. The first-order valence-electron chi connectivity index (χ1n) is 4.01. The number of rotatable bonds is 6. The minimum absolute atomic E-state index is 0.00245. The number of ether oxygens (including phenoxy) is 1. The van der Waals surface area contributed by atoms with Crippen LogP contribution in [-0.4, -0.2) is 36.8 Å². The normalized spacial score (nSPS) is 11.1. The summed E-state index contributed by atoms with van der Waals surface area (Å²) in [5, 5.41) is 2.30. The third-order valence-electron chi connectivity index (χ3n) is 1.17. The second-order valence-electron chi connectivity index (χ2n) is 2.66. The summed E-state index contributed by atoms with van der Waals surface area (Å²) >= 11 is 4.46. The van der Waals surface area contributed by atoms with Gasteiger partial charge in [0.1, 0.15) is 6.61 Å². The van der Waals surface area contributed by atoms with Crippen molar-refractivity contribution in [2.24, 2.45) is 5.73 Å². The lowest BCUT2D eigenvalue weighted by molar-refractivity contribution is -0.173. The van der Waals surface area contributed by atoms with Gasteiger partial charge in [0.2, 0.25) is 5.91 Å². The fourth-order valence-electron chi connectivity index (χ4n) is 0.671. The van der Waals surface area contributed by atoms with Gasteiger partial charge in [0.25, 0.3) is 0 Å². The van der Waals surface area contributed by atoms with Crippen molar-refractivity contribution in [1.82, 2.24) is 5.32 Å². The predicted octanol–water partition coefficient (Wildman–Crippen LogP) is 0.358.